The van der Waals surface area contributed by atoms with E-state index in [0.717, 1.165) is 0 Å². The van der Waals surface area contributed by atoms with E-state index in [2.05, 4.69) is 20.4 Å². The number of nitrogens with zero attached hydrogens (tertiary/aromatic N) is 5. The predicted octanol–water partition coefficient (Wildman–Crippen LogP) is 0.977. The zero-order valence-electron chi connectivity index (χ0n) is 13.4. The van der Waals surface area contributed by atoms with Gasteiger partial charge in [0, 0.05) is 19.3 Å². The maximum Gasteiger partial charge on any atom is 0.244 e. The molecule has 0 aromatic carbocycles. The number of anilines is 2. The highest BCUT2D eigenvalue weighted by atomic mass is 19.1. The van der Waals surface area contributed by atoms with Crippen LogP contribution in [0.25, 0.3) is 0 Å². The highest BCUT2D eigenvalue weighted by Gasteiger charge is 2.17. The molecule has 0 radical (unpaired) electrons. The molecule has 3 rings (SSSR count). The van der Waals surface area contributed by atoms with E-state index in [1.807, 2.05) is 6.92 Å². The Labute approximate surface area is 138 Å². The van der Waals surface area contributed by atoms with Gasteiger partial charge < -0.3 is 15.0 Å². The van der Waals surface area contributed by atoms with Crippen LogP contribution in [-0.4, -0.2) is 56.9 Å². The van der Waals surface area contributed by atoms with Crippen LogP contribution in [0.15, 0.2) is 18.7 Å². The summed E-state index contributed by atoms with van der Waals surface area (Å²) in [5.41, 5.74) is 0.909. The Balaban J connectivity index is 1.64. The van der Waals surface area contributed by atoms with Gasteiger partial charge in [-0.15, -0.1) is 0 Å². The largest absolute Gasteiger partial charge is 0.378 e. The van der Waals surface area contributed by atoms with Crippen molar-refractivity contribution >= 4 is 17.4 Å². The smallest absolute Gasteiger partial charge is 0.244 e. The second-order valence-electron chi connectivity index (χ2n) is 5.38. The van der Waals surface area contributed by atoms with E-state index in [9.17, 15) is 9.18 Å². The quantitative estimate of drug-likeness (QED) is 0.877. The van der Waals surface area contributed by atoms with E-state index in [1.54, 1.807) is 11.1 Å². The van der Waals surface area contributed by atoms with Crippen molar-refractivity contribution < 1.29 is 13.9 Å². The van der Waals surface area contributed by atoms with Gasteiger partial charge in [-0.3, -0.25) is 9.48 Å². The molecule has 0 saturated carbocycles. The van der Waals surface area contributed by atoms with Crippen molar-refractivity contribution in [2.75, 3.05) is 31.6 Å². The van der Waals surface area contributed by atoms with Crippen molar-refractivity contribution in [2.45, 2.75) is 19.9 Å². The predicted molar refractivity (Wildman–Crippen MR) is 84.3 cm³/mol. The van der Waals surface area contributed by atoms with Crippen LogP contribution in [0.1, 0.15) is 12.6 Å². The van der Waals surface area contributed by atoms with Gasteiger partial charge in [-0.05, 0) is 6.42 Å². The van der Waals surface area contributed by atoms with E-state index >= 15 is 0 Å². The molecule has 128 valence electrons. The number of aromatic nitrogens is 4. The summed E-state index contributed by atoms with van der Waals surface area (Å²) in [5.74, 6) is -0.396. The number of hydrogen-bond acceptors (Lipinski definition) is 6. The molecular weight excluding hydrogens is 315 g/mol. The first-order valence-electron chi connectivity index (χ1n) is 7.81. The number of morpholine rings is 1. The molecule has 0 aliphatic carbocycles. The minimum atomic E-state index is -0.475. The summed E-state index contributed by atoms with van der Waals surface area (Å²) in [6.45, 7) is 4.27. The molecule has 0 unspecified atom stereocenters. The molecule has 1 aliphatic rings. The third kappa shape index (κ3) is 3.67. The number of ether oxygens (including phenoxy) is 1. The second kappa shape index (κ2) is 7.35. The van der Waals surface area contributed by atoms with Crippen molar-refractivity contribution in [1.29, 1.82) is 0 Å². The van der Waals surface area contributed by atoms with Gasteiger partial charge in [0.2, 0.25) is 5.91 Å². The van der Waals surface area contributed by atoms with E-state index in [1.165, 1.54) is 17.2 Å². The minimum Gasteiger partial charge on any atom is -0.378 e. The fraction of sp³-hybridized carbons (Fsp3) is 0.467. The Morgan fingerprint density at radius 3 is 2.92 bits per heavy atom. The number of carbonyl (C=O) groups is 1. The molecule has 24 heavy (non-hydrogen) atoms. The van der Waals surface area contributed by atoms with E-state index in [4.69, 9.17) is 4.74 Å². The molecule has 1 saturated heterocycles. The van der Waals surface area contributed by atoms with Crippen molar-refractivity contribution in [1.82, 2.24) is 24.6 Å². The molecule has 0 bridgehead atoms. The first-order valence-corrected chi connectivity index (χ1v) is 7.81. The monoisotopic (exact) mass is 334 g/mol. The zero-order valence-corrected chi connectivity index (χ0v) is 13.4. The Morgan fingerprint density at radius 2 is 2.17 bits per heavy atom. The third-order valence-corrected chi connectivity index (χ3v) is 3.75. The zero-order chi connectivity index (χ0) is 16.9. The minimum absolute atomic E-state index is 0.0190. The summed E-state index contributed by atoms with van der Waals surface area (Å²) in [6, 6.07) is 0. The number of halogens is 1. The van der Waals surface area contributed by atoms with Gasteiger partial charge in [0.25, 0.3) is 0 Å². The lowest BCUT2D eigenvalue weighted by atomic mass is 10.3. The lowest BCUT2D eigenvalue weighted by Gasteiger charge is -2.26. The lowest BCUT2D eigenvalue weighted by Crippen LogP contribution is -2.42. The van der Waals surface area contributed by atoms with Gasteiger partial charge in [0.1, 0.15) is 12.9 Å². The standard InChI is InChI=1S/C15H19FN6O2/c1-2-12-14(16)15(18-10-17-12)20-11-7-19-22(8-11)9-13(23)21-3-5-24-6-4-21/h7-8,10H,2-6,9H2,1H3,(H,17,18,20). The van der Waals surface area contributed by atoms with Crippen LogP contribution in [0.2, 0.25) is 0 Å². The average Bonchev–Trinajstić information content (AvgIpc) is 3.04. The number of carbonyl (C=O) groups excluding carboxylic acids is 1. The molecule has 1 fully saturated rings. The van der Waals surface area contributed by atoms with Gasteiger partial charge in [-0.1, -0.05) is 6.92 Å². The van der Waals surface area contributed by atoms with Crippen molar-refractivity contribution in [3.8, 4) is 0 Å². The first-order chi connectivity index (χ1) is 11.7. The molecular formula is C15H19FN6O2. The number of nitrogens with one attached hydrogen (secondary N) is 1. The maximum absolute atomic E-state index is 14.1. The molecule has 8 nitrogen and oxygen atoms in total. The van der Waals surface area contributed by atoms with Crippen LogP contribution in [0.3, 0.4) is 0 Å². The number of aryl methyl sites for hydroxylation is 1. The third-order valence-electron chi connectivity index (χ3n) is 3.75. The van der Waals surface area contributed by atoms with Crippen molar-refractivity contribution in [3.63, 3.8) is 0 Å². The average molecular weight is 334 g/mol. The molecule has 3 heterocycles. The summed E-state index contributed by atoms with van der Waals surface area (Å²) in [7, 11) is 0. The Bertz CT molecular complexity index is 714. The Morgan fingerprint density at radius 1 is 1.38 bits per heavy atom. The Kier molecular flexibility index (Phi) is 4.99. The SMILES string of the molecule is CCc1ncnc(Nc2cnn(CC(=O)N3CCOCC3)c2)c1F. The number of rotatable bonds is 5. The summed E-state index contributed by atoms with van der Waals surface area (Å²) >= 11 is 0. The summed E-state index contributed by atoms with van der Waals surface area (Å²) < 4.78 is 20.9. The summed E-state index contributed by atoms with van der Waals surface area (Å²) in [6.07, 6.45) is 4.97. The van der Waals surface area contributed by atoms with Crippen molar-refractivity contribution in [3.05, 3.63) is 30.2 Å². The fourth-order valence-electron chi connectivity index (χ4n) is 2.44. The second-order valence-corrected chi connectivity index (χ2v) is 5.38. The maximum atomic E-state index is 14.1. The van der Waals surface area contributed by atoms with E-state index < -0.39 is 5.82 Å². The summed E-state index contributed by atoms with van der Waals surface area (Å²) in [4.78, 5) is 21.7. The normalized spacial score (nSPS) is 14.7. The van der Waals surface area contributed by atoms with Crippen LogP contribution in [0.5, 0.6) is 0 Å². The van der Waals surface area contributed by atoms with Gasteiger partial charge in [-0.25, -0.2) is 14.4 Å². The van der Waals surface area contributed by atoms with Crippen LogP contribution < -0.4 is 5.32 Å². The first kappa shape index (κ1) is 16.3. The van der Waals surface area contributed by atoms with Crippen LogP contribution in [0.4, 0.5) is 15.9 Å². The van der Waals surface area contributed by atoms with Gasteiger partial charge in [0.05, 0.1) is 30.8 Å². The molecule has 2 aromatic heterocycles. The number of hydrogen-bond donors (Lipinski definition) is 1. The molecule has 0 atom stereocenters. The Hall–Kier alpha value is -2.55. The molecule has 2 aromatic rings. The molecule has 0 spiro atoms. The number of amides is 1. The highest BCUT2D eigenvalue weighted by Crippen LogP contribution is 2.18. The van der Waals surface area contributed by atoms with Crippen LogP contribution in [-0.2, 0) is 22.5 Å². The topological polar surface area (TPSA) is 85.2 Å². The highest BCUT2D eigenvalue weighted by molar-refractivity contribution is 5.76. The van der Waals surface area contributed by atoms with E-state index in [-0.39, 0.29) is 18.3 Å². The summed E-state index contributed by atoms with van der Waals surface area (Å²) in [5, 5.41) is 6.99. The molecule has 1 N–H and O–H groups in total. The van der Waals surface area contributed by atoms with Crippen LogP contribution >= 0.6 is 0 Å². The molecule has 1 aliphatic heterocycles. The van der Waals surface area contributed by atoms with Gasteiger partial charge in [-0.2, -0.15) is 5.10 Å². The lowest BCUT2D eigenvalue weighted by molar-refractivity contribution is -0.136. The van der Waals surface area contributed by atoms with Gasteiger partial charge >= 0.3 is 0 Å². The van der Waals surface area contributed by atoms with Gasteiger partial charge in [0.15, 0.2) is 11.6 Å². The molecule has 1 amide bonds. The van der Waals surface area contributed by atoms with Crippen LogP contribution in [0, 0.1) is 5.82 Å². The van der Waals surface area contributed by atoms with Crippen molar-refractivity contribution in [2.24, 2.45) is 0 Å². The van der Waals surface area contributed by atoms with E-state index in [0.29, 0.717) is 44.1 Å². The fourth-order valence-corrected chi connectivity index (χ4v) is 2.44. The molecule has 9 heteroatoms.